The molecule has 242 valence electrons. The summed E-state index contributed by atoms with van der Waals surface area (Å²) in [6.45, 7) is 6.12. The SMILES string of the molecule is C[C@@]1(c2ccc(Cl)cn2)Oc2cccc(N3CCN(Cc4nc5c(Cl)cc(C(=O)O)cc5n4CCn4cccn4)[C@@H]4COC[C@@H]43)c2O1. The first-order chi connectivity index (χ1) is 22.8. The zero-order chi connectivity index (χ0) is 32.3. The molecular formula is C33H31Cl2N7O5. The number of benzene rings is 2. The maximum Gasteiger partial charge on any atom is 0.335 e. The van der Waals surface area contributed by atoms with Crippen molar-refractivity contribution >= 4 is 45.9 Å². The van der Waals surface area contributed by atoms with E-state index in [-0.39, 0.29) is 17.6 Å². The highest BCUT2D eigenvalue weighted by atomic mass is 35.5. The molecule has 1 N–H and O–H groups in total. The number of hydrogen-bond donors (Lipinski definition) is 1. The van der Waals surface area contributed by atoms with Crippen LogP contribution >= 0.6 is 23.2 Å². The maximum atomic E-state index is 11.9. The maximum absolute atomic E-state index is 11.9. The number of carboxylic acids is 1. The van der Waals surface area contributed by atoms with Gasteiger partial charge in [0.05, 0.1) is 65.2 Å². The van der Waals surface area contributed by atoms with Gasteiger partial charge in [0.2, 0.25) is 0 Å². The summed E-state index contributed by atoms with van der Waals surface area (Å²) >= 11 is 12.7. The van der Waals surface area contributed by atoms with Crippen molar-refractivity contribution < 1.29 is 24.1 Å². The fourth-order valence-electron chi connectivity index (χ4n) is 6.87. The van der Waals surface area contributed by atoms with Gasteiger partial charge in [-0.25, -0.2) is 9.78 Å². The van der Waals surface area contributed by atoms with Gasteiger partial charge in [0.1, 0.15) is 17.0 Å². The second kappa shape index (κ2) is 11.7. The number of anilines is 1. The first-order valence-electron chi connectivity index (χ1n) is 15.4. The average molecular weight is 677 g/mol. The number of pyridine rings is 1. The topological polar surface area (TPSA) is 120 Å². The number of nitrogens with zero attached hydrogens (tertiary/aromatic N) is 7. The lowest BCUT2D eigenvalue weighted by molar-refractivity contribution is -0.0716. The van der Waals surface area contributed by atoms with Crippen molar-refractivity contribution in [3.05, 3.63) is 94.2 Å². The zero-order valence-electron chi connectivity index (χ0n) is 25.4. The molecule has 5 aromatic rings. The predicted octanol–water partition coefficient (Wildman–Crippen LogP) is 5.07. The Morgan fingerprint density at radius 1 is 1.06 bits per heavy atom. The van der Waals surface area contributed by atoms with Crippen LogP contribution in [0.4, 0.5) is 5.69 Å². The fraction of sp³-hybridized carbons (Fsp3) is 0.333. The second-order valence-electron chi connectivity index (χ2n) is 12.0. The van der Waals surface area contributed by atoms with E-state index in [4.69, 9.17) is 42.4 Å². The standard InChI is InChI=1S/C33H31Cl2N7O5/c1-33(28-7-6-21(34)16-36-28)46-27-5-2-4-23(31(27)47-33)41-12-10-39(25-18-45-19-26(25)41)17-29-38-30-22(35)14-20(32(43)44)15-24(30)42(29)13-11-40-9-3-8-37-40/h2-9,14-16,25-26H,10-13,17-19H2,1H3,(H,43,44)/t25-,26+,33-/m1/s1. The highest BCUT2D eigenvalue weighted by Crippen LogP contribution is 2.50. The van der Waals surface area contributed by atoms with E-state index in [1.807, 2.05) is 42.1 Å². The van der Waals surface area contributed by atoms with Crippen molar-refractivity contribution in [1.82, 2.24) is 29.2 Å². The van der Waals surface area contributed by atoms with Crippen LogP contribution in [0.5, 0.6) is 11.5 Å². The fourth-order valence-corrected chi connectivity index (χ4v) is 7.24. The number of fused-ring (bicyclic) bond motifs is 3. The molecular weight excluding hydrogens is 645 g/mol. The average Bonchev–Trinajstić information content (AvgIpc) is 3.86. The third kappa shape index (κ3) is 5.35. The van der Waals surface area contributed by atoms with E-state index in [1.165, 1.54) is 6.07 Å². The summed E-state index contributed by atoms with van der Waals surface area (Å²) < 4.78 is 22.9. The van der Waals surface area contributed by atoms with Crippen LogP contribution in [0, 0.1) is 0 Å². The Labute approximate surface area is 280 Å². The van der Waals surface area contributed by atoms with E-state index in [0.717, 1.165) is 24.6 Å². The molecule has 0 radical (unpaired) electrons. The van der Waals surface area contributed by atoms with Crippen molar-refractivity contribution in [3.8, 4) is 11.5 Å². The molecule has 3 aliphatic rings. The molecule has 0 bridgehead atoms. The van der Waals surface area contributed by atoms with E-state index in [2.05, 4.69) is 30.5 Å². The quantitative estimate of drug-likeness (QED) is 0.239. The van der Waals surface area contributed by atoms with E-state index in [0.29, 0.717) is 71.1 Å². The number of ether oxygens (including phenoxy) is 3. The number of aromatic nitrogens is 5. The number of carbonyl (C=O) groups is 1. The molecule has 12 nitrogen and oxygen atoms in total. The van der Waals surface area contributed by atoms with Crippen molar-refractivity contribution in [2.24, 2.45) is 0 Å². The van der Waals surface area contributed by atoms with E-state index in [9.17, 15) is 9.90 Å². The van der Waals surface area contributed by atoms with E-state index in [1.54, 1.807) is 24.5 Å². The first kappa shape index (κ1) is 30.0. The molecule has 0 spiro atoms. The van der Waals surface area contributed by atoms with Gasteiger partial charge in [-0.1, -0.05) is 29.3 Å². The van der Waals surface area contributed by atoms with Gasteiger partial charge in [-0.3, -0.25) is 14.6 Å². The van der Waals surface area contributed by atoms with Crippen molar-refractivity contribution in [2.45, 2.75) is 44.4 Å². The predicted molar refractivity (Wildman–Crippen MR) is 174 cm³/mol. The molecule has 2 fully saturated rings. The van der Waals surface area contributed by atoms with Gasteiger partial charge in [0.25, 0.3) is 5.79 Å². The number of aryl methyl sites for hydroxylation is 2. The normalized spacial score (nSPS) is 22.2. The largest absolute Gasteiger partial charge is 0.478 e. The Balaban J connectivity index is 1.08. The zero-order valence-corrected chi connectivity index (χ0v) is 26.9. The van der Waals surface area contributed by atoms with Crippen LogP contribution in [0.25, 0.3) is 11.0 Å². The molecule has 0 aliphatic carbocycles. The lowest BCUT2D eigenvalue weighted by atomic mass is 10.0. The number of hydrogen-bond acceptors (Lipinski definition) is 9. The van der Waals surface area contributed by atoms with Crippen LogP contribution in [-0.4, -0.2) is 78.7 Å². The van der Waals surface area contributed by atoms with Crippen molar-refractivity contribution in [3.63, 3.8) is 0 Å². The monoisotopic (exact) mass is 675 g/mol. The first-order valence-corrected chi connectivity index (χ1v) is 16.1. The summed E-state index contributed by atoms with van der Waals surface area (Å²) in [5.74, 6) is 0.00862. The third-order valence-electron chi connectivity index (χ3n) is 9.17. The summed E-state index contributed by atoms with van der Waals surface area (Å²) in [7, 11) is 0. The Kier molecular flexibility index (Phi) is 7.47. The lowest BCUT2D eigenvalue weighted by Crippen LogP contribution is -2.59. The van der Waals surface area contributed by atoms with Crippen molar-refractivity contribution in [2.75, 3.05) is 31.2 Å². The van der Waals surface area contributed by atoms with Crippen LogP contribution in [0.15, 0.2) is 67.1 Å². The van der Waals surface area contributed by atoms with Crippen LogP contribution < -0.4 is 14.4 Å². The van der Waals surface area contributed by atoms with Gasteiger partial charge in [0.15, 0.2) is 11.5 Å². The number of carboxylic acid groups (broad SMARTS) is 1. The molecule has 14 heteroatoms. The molecule has 8 rings (SSSR count). The summed E-state index contributed by atoms with van der Waals surface area (Å²) in [6, 6.07) is 14.7. The molecule has 6 heterocycles. The summed E-state index contributed by atoms with van der Waals surface area (Å²) in [5.41, 5.74) is 2.96. The van der Waals surface area contributed by atoms with Gasteiger partial charge in [-0.2, -0.15) is 5.10 Å². The highest BCUT2D eigenvalue weighted by molar-refractivity contribution is 6.35. The van der Waals surface area contributed by atoms with Gasteiger partial charge in [0, 0.05) is 45.1 Å². The highest BCUT2D eigenvalue weighted by Gasteiger charge is 2.46. The smallest absolute Gasteiger partial charge is 0.335 e. The lowest BCUT2D eigenvalue weighted by Gasteiger charge is -2.44. The van der Waals surface area contributed by atoms with Gasteiger partial charge < -0.3 is 28.8 Å². The summed E-state index contributed by atoms with van der Waals surface area (Å²) in [4.78, 5) is 26.1. The minimum Gasteiger partial charge on any atom is -0.478 e. The summed E-state index contributed by atoms with van der Waals surface area (Å²) in [5, 5.41) is 14.9. The third-order valence-corrected chi connectivity index (χ3v) is 9.68. The molecule has 0 amide bonds. The Hall–Kier alpha value is -4.36. The summed E-state index contributed by atoms with van der Waals surface area (Å²) in [6.07, 6.45) is 5.22. The number of aromatic carboxylic acids is 1. The number of rotatable bonds is 8. The molecule has 3 atom stereocenters. The number of halogens is 2. The molecule has 2 aromatic carbocycles. The molecule has 0 saturated carbocycles. The molecule has 3 aromatic heterocycles. The number of piperazine rings is 1. The van der Waals surface area contributed by atoms with Gasteiger partial charge in [-0.05, 0) is 42.5 Å². The van der Waals surface area contributed by atoms with Gasteiger partial charge >= 0.3 is 5.97 Å². The molecule has 47 heavy (non-hydrogen) atoms. The molecule has 2 saturated heterocycles. The molecule has 3 aliphatic heterocycles. The minimum atomic E-state index is -1.09. The van der Waals surface area contributed by atoms with Gasteiger partial charge in [-0.15, -0.1) is 0 Å². The van der Waals surface area contributed by atoms with Crippen LogP contribution in [-0.2, 0) is 30.2 Å². The Bertz CT molecular complexity index is 1970. The van der Waals surface area contributed by atoms with Crippen LogP contribution in [0.3, 0.4) is 0 Å². The van der Waals surface area contributed by atoms with Crippen LogP contribution in [0.2, 0.25) is 10.0 Å². The van der Waals surface area contributed by atoms with Crippen molar-refractivity contribution in [1.29, 1.82) is 0 Å². The minimum absolute atomic E-state index is 0.0588. The van der Waals surface area contributed by atoms with E-state index < -0.39 is 11.8 Å². The Morgan fingerprint density at radius 2 is 1.94 bits per heavy atom. The number of imidazole rings is 1. The Morgan fingerprint density at radius 3 is 2.72 bits per heavy atom. The number of para-hydroxylation sites is 1. The van der Waals surface area contributed by atoms with Crippen LogP contribution in [0.1, 0.15) is 28.8 Å². The molecule has 0 unspecified atom stereocenters. The van der Waals surface area contributed by atoms with E-state index >= 15 is 0 Å². The second-order valence-corrected chi connectivity index (χ2v) is 12.9.